The van der Waals surface area contributed by atoms with Crippen molar-refractivity contribution in [2.24, 2.45) is 0 Å². The van der Waals surface area contributed by atoms with E-state index in [0.717, 1.165) is 6.54 Å². The van der Waals surface area contributed by atoms with E-state index in [1.165, 1.54) is 12.1 Å². The van der Waals surface area contributed by atoms with Crippen LogP contribution in [0.1, 0.15) is 28.9 Å². The van der Waals surface area contributed by atoms with E-state index in [1.54, 1.807) is 43.3 Å². The summed E-state index contributed by atoms with van der Waals surface area (Å²) in [6, 6.07) is 12.9. The zero-order valence-corrected chi connectivity index (χ0v) is 15.6. The quantitative estimate of drug-likeness (QED) is 0.723. The molecule has 0 saturated carbocycles. The number of nitrogens with one attached hydrogen (secondary N) is 1. The van der Waals surface area contributed by atoms with Crippen LogP contribution in [0.2, 0.25) is 0 Å². The van der Waals surface area contributed by atoms with Crippen molar-refractivity contribution < 1.29 is 23.0 Å². The second kappa shape index (κ2) is 9.87. The minimum atomic E-state index is -2.89. The van der Waals surface area contributed by atoms with Crippen LogP contribution in [0.15, 0.2) is 48.5 Å². The van der Waals surface area contributed by atoms with Crippen molar-refractivity contribution in [3.8, 4) is 11.5 Å². The predicted octanol–water partition coefficient (Wildman–Crippen LogP) is 3.72. The Bertz CT molecular complexity index is 754. The summed E-state index contributed by atoms with van der Waals surface area (Å²) in [5.41, 5.74) is 1.08. The average molecular weight is 378 g/mol. The molecule has 0 aliphatic rings. The summed E-state index contributed by atoms with van der Waals surface area (Å²) in [6.07, 6.45) is 0. The highest BCUT2D eigenvalue weighted by Crippen LogP contribution is 2.23. The highest BCUT2D eigenvalue weighted by Gasteiger charge is 2.16. The number of ether oxygens (including phenoxy) is 2. The van der Waals surface area contributed by atoms with Gasteiger partial charge in [-0.25, -0.2) is 0 Å². The molecule has 5 nitrogen and oxygen atoms in total. The highest BCUT2D eigenvalue weighted by atomic mass is 19.3. The molecule has 0 aliphatic heterocycles. The Morgan fingerprint density at radius 3 is 2.59 bits per heavy atom. The molecule has 1 N–H and O–H groups in total. The Hall–Kier alpha value is -2.67. The van der Waals surface area contributed by atoms with Gasteiger partial charge < -0.3 is 19.7 Å². The minimum Gasteiger partial charge on any atom is -0.491 e. The highest BCUT2D eigenvalue weighted by molar-refractivity contribution is 5.97. The van der Waals surface area contributed by atoms with Gasteiger partial charge in [0.15, 0.2) is 0 Å². The Kier molecular flexibility index (Phi) is 7.55. The maximum Gasteiger partial charge on any atom is 0.387 e. The van der Waals surface area contributed by atoms with Crippen molar-refractivity contribution in [1.82, 2.24) is 10.2 Å². The lowest BCUT2D eigenvalue weighted by Gasteiger charge is -2.17. The SMILES string of the molecule is CC(NC(=O)c1ccccc1OCCN(C)C)c1cccc(OC(F)F)c1. The topological polar surface area (TPSA) is 50.8 Å². The first kappa shape index (κ1) is 20.6. The van der Waals surface area contributed by atoms with Crippen LogP contribution in [0.5, 0.6) is 11.5 Å². The number of benzene rings is 2. The molecule has 0 aliphatic carbocycles. The third kappa shape index (κ3) is 6.53. The van der Waals surface area contributed by atoms with Crippen LogP contribution in [0.3, 0.4) is 0 Å². The predicted molar refractivity (Wildman–Crippen MR) is 99.4 cm³/mol. The molecule has 0 spiro atoms. The molecular weight excluding hydrogens is 354 g/mol. The van der Waals surface area contributed by atoms with Crippen molar-refractivity contribution in [2.75, 3.05) is 27.2 Å². The van der Waals surface area contributed by atoms with Crippen LogP contribution >= 0.6 is 0 Å². The molecule has 0 saturated heterocycles. The fourth-order valence-corrected chi connectivity index (χ4v) is 2.44. The largest absolute Gasteiger partial charge is 0.491 e. The maximum absolute atomic E-state index is 12.7. The number of para-hydroxylation sites is 1. The molecule has 0 aromatic heterocycles. The molecule has 146 valence electrons. The van der Waals surface area contributed by atoms with E-state index in [9.17, 15) is 13.6 Å². The summed E-state index contributed by atoms with van der Waals surface area (Å²) >= 11 is 0. The van der Waals surface area contributed by atoms with Crippen molar-refractivity contribution in [3.05, 3.63) is 59.7 Å². The zero-order chi connectivity index (χ0) is 19.8. The molecule has 2 aromatic rings. The first-order valence-corrected chi connectivity index (χ1v) is 8.59. The molecule has 27 heavy (non-hydrogen) atoms. The van der Waals surface area contributed by atoms with E-state index in [2.05, 4.69) is 10.1 Å². The van der Waals surface area contributed by atoms with E-state index in [1.807, 2.05) is 19.0 Å². The van der Waals surface area contributed by atoms with Crippen LogP contribution in [0, 0.1) is 0 Å². The summed E-state index contributed by atoms with van der Waals surface area (Å²) < 4.78 is 34.9. The lowest BCUT2D eigenvalue weighted by Crippen LogP contribution is -2.27. The molecule has 0 radical (unpaired) electrons. The number of likely N-dealkylation sites (N-methyl/N-ethyl adjacent to an activating group) is 1. The van der Waals surface area contributed by atoms with Crippen molar-refractivity contribution in [3.63, 3.8) is 0 Å². The third-order valence-corrected chi connectivity index (χ3v) is 3.86. The molecule has 7 heteroatoms. The summed E-state index contributed by atoms with van der Waals surface area (Å²) in [5.74, 6) is 0.248. The van der Waals surface area contributed by atoms with Gasteiger partial charge in [-0.15, -0.1) is 0 Å². The Morgan fingerprint density at radius 1 is 1.15 bits per heavy atom. The fourth-order valence-electron chi connectivity index (χ4n) is 2.44. The molecule has 0 bridgehead atoms. The Labute approximate surface area is 157 Å². The molecule has 1 amide bonds. The van der Waals surface area contributed by atoms with E-state index in [0.29, 0.717) is 23.5 Å². The number of nitrogens with zero attached hydrogens (tertiary/aromatic N) is 1. The van der Waals surface area contributed by atoms with E-state index < -0.39 is 12.7 Å². The summed E-state index contributed by atoms with van der Waals surface area (Å²) in [7, 11) is 3.88. The number of amides is 1. The lowest BCUT2D eigenvalue weighted by molar-refractivity contribution is -0.0499. The number of carbonyl (C=O) groups excluding carboxylic acids is 1. The Morgan fingerprint density at radius 2 is 1.89 bits per heavy atom. The number of halogens is 2. The first-order chi connectivity index (χ1) is 12.9. The number of rotatable bonds is 9. The molecule has 0 fully saturated rings. The molecular formula is C20H24F2N2O3. The lowest BCUT2D eigenvalue weighted by atomic mass is 10.1. The fraction of sp³-hybridized carbons (Fsp3) is 0.350. The van der Waals surface area contributed by atoms with Crippen LogP contribution in [0.25, 0.3) is 0 Å². The number of alkyl halides is 2. The average Bonchev–Trinajstić information content (AvgIpc) is 2.61. The molecule has 2 aromatic carbocycles. The van der Waals surface area contributed by atoms with Crippen LogP contribution in [0.4, 0.5) is 8.78 Å². The van der Waals surface area contributed by atoms with Gasteiger partial charge in [0.2, 0.25) is 0 Å². The van der Waals surface area contributed by atoms with Gasteiger partial charge in [-0.1, -0.05) is 24.3 Å². The second-order valence-corrected chi connectivity index (χ2v) is 6.29. The number of hydrogen-bond acceptors (Lipinski definition) is 4. The van der Waals surface area contributed by atoms with Gasteiger partial charge in [0.1, 0.15) is 18.1 Å². The maximum atomic E-state index is 12.7. The molecule has 2 rings (SSSR count). The number of carbonyl (C=O) groups is 1. The van der Waals surface area contributed by atoms with Crippen LogP contribution in [-0.2, 0) is 0 Å². The van der Waals surface area contributed by atoms with Crippen LogP contribution in [-0.4, -0.2) is 44.7 Å². The van der Waals surface area contributed by atoms with Crippen molar-refractivity contribution in [2.45, 2.75) is 19.6 Å². The van der Waals surface area contributed by atoms with Gasteiger partial charge in [-0.3, -0.25) is 4.79 Å². The summed E-state index contributed by atoms with van der Waals surface area (Å²) in [4.78, 5) is 14.6. The van der Waals surface area contributed by atoms with Gasteiger partial charge in [-0.05, 0) is 50.8 Å². The zero-order valence-electron chi connectivity index (χ0n) is 15.6. The Balaban J connectivity index is 2.06. The van der Waals surface area contributed by atoms with Gasteiger partial charge in [0.25, 0.3) is 5.91 Å². The smallest absolute Gasteiger partial charge is 0.387 e. The summed E-state index contributed by atoms with van der Waals surface area (Å²) in [6.45, 7) is 0.0641. The van der Waals surface area contributed by atoms with Crippen molar-refractivity contribution >= 4 is 5.91 Å². The van der Waals surface area contributed by atoms with E-state index in [4.69, 9.17) is 4.74 Å². The van der Waals surface area contributed by atoms with Gasteiger partial charge >= 0.3 is 6.61 Å². The molecule has 1 unspecified atom stereocenters. The standard InChI is InChI=1S/C20H24F2N2O3/c1-14(15-7-6-8-16(13-15)27-20(21)22)23-19(25)17-9-4-5-10-18(17)26-12-11-24(2)3/h4-10,13-14,20H,11-12H2,1-3H3,(H,23,25). The second-order valence-electron chi connectivity index (χ2n) is 6.29. The third-order valence-electron chi connectivity index (χ3n) is 3.86. The van der Waals surface area contributed by atoms with Gasteiger partial charge in [-0.2, -0.15) is 8.78 Å². The molecule has 1 atom stereocenters. The summed E-state index contributed by atoms with van der Waals surface area (Å²) in [5, 5.41) is 2.86. The van der Waals surface area contributed by atoms with Gasteiger partial charge in [0, 0.05) is 6.54 Å². The number of hydrogen-bond donors (Lipinski definition) is 1. The van der Waals surface area contributed by atoms with Crippen molar-refractivity contribution in [1.29, 1.82) is 0 Å². The van der Waals surface area contributed by atoms with E-state index in [-0.39, 0.29) is 11.7 Å². The monoisotopic (exact) mass is 378 g/mol. The first-order valence-electron chi connectivity index (χ1n) is 8.59. The van der Waals surface area contributed by atoms with E-state index >= 15 is 0 Å². The van der Waals surface area contributed by atoms with Crippen LogP contribution < -0.4 is 14.8 Å². The molecule has 0 heterocycles. The normalized spacial score (nSPS) is 12.1. The minimum absolute atomic E-state index is 0.0519. The van der Waals surface area contributed by atoms with Gasteiger partial charge in [0.05, 0.1) is 11.6 Å².